The Morgan fingerprint density at radius 2 is 1.17 bits per heavy atom. The summed E-state index contributed by atoms with van der Waals surface area (Å²) in [5, 5.41) is 4.60. The molecule has 6 heteroatoms. The van der Waals surface area contributed by atoms with Gasteiger partial charge in [0.2, 0.25) is 11.6 Å². The van der Waals surface area contributed by atoms with Crippen molar-refractivity contribution in [1.29, 1.82) is 0 Å². The standard InChI is InChI=1S/C30H15N5O/c1-2-7-17-13-24-20(12-16(17)6-1)31-29-33(24)22-9-5-10-23-28(22)35(29)30-32-21-14-19-18-8-3-4-11-26(18)36-27(19)15-25(21)34(23)30/h1-15H. The quantitative estimate of drug-likeness (QED) is 0.240. The van der Waals surface area contributed by atoms with E-state index in [0.717, 1.165) is 72.1 Å². The Hall–Kier alpha value is -5.10. The molecule has 0 aliphatic carbocycles. The monoisotopic (exact) mass is 461 g/mol. The highest BCUT2D eigenvalue weighted by Crippen LogP contribution is 2.37. The Labute approximate surface area is 201 Å². The molecule has 5 aromatic carbocycles. The Morgan fingerprint density at radius 3 is 1.97 bits per heavy atom. The molecule has 0 N–H and O–H groups in total. The van der Waals surface area contributed by atoms with Crippen molar-refractivity contribution in [3.63, 3.8) is 0 Å². The van der Waals surface area contributed by atoms with Crippen molar-refractivity contribution in [1.82, 2.24) is 23.2 Å². The van der Waals surface area contributed by atoms with Gasteiger partial charge in [-0.15, -0.1) is 0 Å². The summed E-state index contributed by atoms with van der Waals surface area (Å²) < 4.78 is 12.9. The molecular weight excluding hydrogens is 446 g/mol. The maximum atomic E-state index is 6.20. The van der Waals surface area contributed by atoms with Gasteiger partial charge in [-0.05, 0) is 47.2 Å². The fraction of sp³-hybridized carbons (Fsp3) is 0. The predicted molar refractivity (Wildman–Crippen MR) is 143 cm³/mol. The molecule has 5 aromatic heterocycles. The van der Waals surface area contributed by atoms with Crippen molar-refractivity contribution < 1.29 is 4.42 Å². The SMILES string of the molecule is c1ccc2cc3c(cc2c1)nc1n3c2cccc3c2n1c1nc2cc4c(cc2n31)oc1ccccc14. The van der Waals surface area contributed by atoms with Crippen LogP contribution < -0.4 is 0 Å². The molecule has 0 spiro atoms. The molecule has 166 valence electrons. The predicted octanol–water partition coefficient (Wildman–Crippen LogP) is 7.18. The summed E-state index contributed by atoms with van der Waals surface area (Å²) in [6, 6.07) is 31.8. The van der Waals surface area contributed by atoms with Crippen LogP contribution in [0.5, 0.6) is 0 Å². The number of furan rings is 1. The van der Waals surface area contributed by atoms with E-state index in [4.69, 9.17) is 14.4 Å². The van der Waals surface area contributed by atoms with E-state index >= 15 is 0 Å². The third-order valence-electron chi connectivity index (χ3n) is 7.74. The number of imidazole rings is 4. The van der Waals surface area contributed by atoms with Gasteiger partial charge in [-0.2, -0.15) is 0 Å². The van der Waals surface area contributed by atoms with Crippen molar-refractivity contribution in [2.24, 2.45) is 0 Å². The van der Waals surface area contributed by atoms with E-state index in [1.54, 1.807) is 0 Å². The maximum Gasteiger partial charge on any atom is 0.223 e. The minimum atomic E-state index is 0.864. The molecule has 0 unspecified atom stereocenters. The average Bonchev–Trinajstić information content (AvgIpc) is 3.68. The van der Waals surface area contributed by atoms with Gasteiger partial charge in [-0.25, -0.2) is 14.4 Å². The van der Waals surface area contributed by atoms with Crippen LogP contribution in [0.15, 0.2) is 95.4 Å². The lowest BCUT2D eigenvalue weighted by Crippen LogP contribution is -1.87. The van der Waals surface area contributed by atoms with Crippen molar-refractivity contribution in [2.75, 3.05) is 0 Å². The van der Waals surface area contributed by atoms with Crippen LogP contribution in [0, 0.1) is 0 Å². The van der Waals surface area contributed by atoms with E-state index < -0.39 is 0 Å². The zero-order valence-corrected chi connectivity index (χ0v) is 18.8. The van der Waals surface area contributed by atoms with Crippen molar-refractivity contribution in [2.45, 2.75) is 0 Å². The summed E-state index contributed by atoms with van der Waals surface area (Å²) in [4.78, 5) is 10.3. The first-order valence-corrected chi connectivity index (χ1v) is 12.0. The van der Waals surface area contributed by atoms with E-state index in [1.165, 1.54) is 10.8 Å². The molecule has 0 amide bonds. The number of para-hydroxylation sites is 2. The lowest BCUT2D eigenvalue weighted by Gasteiger charge is -1.99. The van der Waals surface area contributed by atoms with Crippen LogP contribution in [0.3, 0.4) is 0 Å². The lowest BCUT2D eigenvalue weighted by molar-refractivity contribution is 0.669. The summed E-state index contributed by atoms with van der Waals surface area (Å²) in [6.07, 6.45) is 0. The van der Waals surface area contributed by atoms with Gasteiger partial charge >= 0.3 is 0 Å². The third-order valence-corrected chi connectivity index (χ3v) is 7.74. The molecule has 0 aliphatic heterocycles. The van der Waals surface area contributed by atoms with Gasteiger partial charge in [0.1, 0.15) is 16.7 Å². The van der Waals surface area contributed by atoms with E-state index in [9.17, 15) is 0 Å². The van der Waals surface area contributed by atoms with Crippen LogP contribution in [-0.4, -0.2) is 23.2 Å². The smallest absolute Gasteiger partial charge is 0.223 e. The number of benzene rings is 5. The highest BCUT2D eigenvalue weighted by atomic mass is 16.3. The number of rotatable bonds is 0. The zero-order chi connectivity index (χ0) is 23.1. The molecule has 0 fully saturated rings. The van der Waals surface area contributed by atoms with E-state index in [0.29, 0.717) is 0 Å². The molecule has 0 radical (unpaired) electrons. The summed E-state index contributed by atoms with van der Waals surface area (Å²) in [7, 11) is 0. The third kappa shape index (κ3) is 1.83. The van der Waals surface area contributed by atoms with E-state index in [2.05, 4.69) is 86.0 Å². The molecular formula is C30H15N5O. The first-order valence-electron chi connectivity index (χ1n) is 12.0. The minimum absolute atomic E-state index is 0.864. The Balaban J connectivity index is 1.43. The van der Waals surface area contributed by atoms with Crippen LogP contribution in [0.1, 0.15) is 0 Å². The van der Waals surface area contributed by atoms with Crippen LogP contribution in [0.4, 0.5) is 0 Å². The van der Waals surface area contributed by atoms with Crippen LogP contribution in [-0.2, 0) is 0 Å². The summed E-state index contributed by atoms with van der Waals surface area (Å²) in [5.74, 6) is 1.74. The Bertz CT molecular complexity index is 2540. The van der Waals surface area contributed by atoms with Crippen molar-refractivity contribution in [3.8, 4) is 0 Å². The highest BCUT2D eigenvalue weighted by molar-refractivity contribution is 6.11. The maximum absolute atomic E-state index is 6.20. The molecule has 0 aliphatic rings. The molecule has 10 aromatic rings. The molecule has 0 saturated carbocycles. The number of hydrogen-bond acceptors (Lipinski definition) is 3. The van der Waals surface area contributed by atoms with Crippen LogP contribution in [0.25, 0.3) is 82.9 Å². The Kier molecular flexibility index (Phi) is 2.69. The number of fused-ring (bicyclic) bond motifs is 14. The summed E-state index contributed by atoms with van der Waals surface area (Å²) >= 11 is 0. The van der Waals surface area contributed by atoms with Gasteiger partial charge in [-0.1, -0.05) is 48.5 Å². The molecule has 36 heavy (non-hydrogen) atoms. The second-order valence-corrected chi connectivity index (χ2v) is 9.60. The van der Waals surface area contributed by atoms with Gasteiger partial charge in [0.15, 0.2) is 0 Å². The van der Waals surface area contributed by atoms with E-state index in [1.807, 2.05) is 18.2 Å². The van der Waals surface area contributed by atoms with Gasteiger partial charge in [0.25, 0.3) is 0 Å². The van der Waals surface area contributed by atoms with Gasteiger partial charge < -0.3 is 4.42 Å². The molecule has 10 rings (SSSR count). The minimum Gasteiger partial charge on any atom is -0.456 e. The fourth-order valence-electron chi connectivity index (χ4n) is 6.21. The van der Waals surface area contributed by atoms with Crippen molar-refractivity contribution >= 4 is 82.9 Å². The van der Waals surface area contributed by atoms with E-state index in [-0.39, 0.29) is 0 Å². The molecule has 5 heterocycles. The first-order chi connectivity index (χ1) is 17.8. The molecule has 0 saturated heterocycles. The Morgan fingerprint density at radius 1 is 0.500 bits per heavy atom. The van der Waals surface area contributed by atoms with Gasteiger partial charge in [0, 0.05) is 16.8 Å². The molecule has 6 nitrogen and oxygen atoms in total. The average molecular weight is 461 g/mol. The van der Waals surface area contributed by atoms with Crippen LogP contribution >= 0.6 is 0 Å². The normalized spacial score (nSPS) is 13.0. The van der Waals surface area contributed by atoms with Crippen molar-refractivity contribution in [3.05, 3.63) is 91.0 Å². The summed E-state index contributed by atoms with van der Waals surface area (Å²) in [6.45, 7) is 0. The van der Waals surface area contributed by atoms with Gasteiger partial charge in [0.05, 0.1) is 33.1 Å². The number of aromatic nitrogens is 5. The summed E-state index contributed by atoms with van der Waals surface area (Å²) in [5.41, 5.74) is 9.21. The second-order valence-electron chi connectivity index (χ2n) is 9.60. The zero-order valence-electron chi connectivity index (χ0n) is 18.8. The molecule has 0 bridgehead atoms. The van der Waals surface area contributed by atoms with Gasteiger partial charge in [-0.3, -0.25) is 8.80 Å². The lowest BCUT2D eigenvalue weighted by atomic mass is 10.1. The largest absolute Gasteiger partial charge is 0.456 e. The fourth-order valence-corrected chi connectivity index (χ4v) is 6.21. The number of nitrogens with zero attached hydrogens (tertiary/aromatic N) is 5. The molecule has 0 atom stereocenters. The number of hydrogen-bond donors (Lipinski definition) is 0. The first kappa shape index (κ1) is 17.4. The van der Waals surface area contributed by atoms with Crippen LogP contribution in [0.2, 0.25) is 0 Å². The topological polar surface area (TPSA) is 52.2 Å². The highest BCUT2D eigenvalue weighted by Gasteiger charge is 2.24. The second kappa shape index (κ2) is 5.58.